The maximum Gasteiger partial charge on any atom is 0.343 e. The van der Waals surface area contributed by atoms with Crippen LogP contribution in [-0.2, 0) is 0 Å². The minimum Gasteiger partial charge on any atom is -0.423 e. The summed E-state index contributed by atoms with van der Waals surface area (Å²) in [6.45, 7) is 1.91. The van der Waals surface area contributed by atoms with Gasteiger partial charge in [0.2, 0.25) is 0 Å². The highest BCUT2D eigenvalue weighted by Crippen LogP contribution is 2.22. The number of amides is 1. The van der Waals surface area contributed by atoms with Crippen LogP contribution in [0.4, 0.5) is 0 Å². The molecule has 7 heteroatoms. The fourth-order valence-electron chi connectivity index (χ4n) is 2.43. The Labute approximate surface area is 177 Å². The number of rotatable bonds is 5. The predicted octanol–water partition coefficient (Wildman–Crippen LogP) is 5.28. The maximum atomic E-state index is 12.2. The molecule has 0 spiro atoms. The van der Waals surface area contributed by atoms with E-state index < -0.39 is 11.9 Å². The number of ether oxygens (including phenoxy) is 1. The van der Waals surface area contributed by atoms with Gasteiger partial charge in [-0.1, -0.05) is 40.9 Å². The summed E-state index contributed by atoms with van der Waals surface area (Å²) in [5.74, 6) is -0.430. The molecule has 0 aliphatic heterocycles. The maximum absolute atomic E-state index is 12.2. The van der Waals surface area contributed by atoms with Crippen LogP contribution >= 0.6 is 23.2 Å². The van der Waals surface area contributed by atoms with Crippen molar-refractivity contribution in [1.29, 1.82) is 0 Å². The van der Waals surface area contributed by atoms with Gasteiger partial charge in [-0.2, -0.15) is 5.10 Å². The van der Waals surface area contributed by atoms with E-state index in [0.717, 1.165) is 11.1 Å². The van der Waals surface area contributed by atoms with Crippen molar-refractivity contribution in [1.82, 2.24) is 5.43 Å². The Morgan fingerprint density at radius 2 is 1.69 bits per heavy atom. The second-order valence-electron chi connectivity index (χ2n) is 6.16. The zero-order valence-electron chi connectivity index (χ0n) is 15.4. The molecule has 0 saturated heterocycles. The van der Waals surface area contributed by atoms with Crippen molar-refractivity contribution in [3.8, 4) is 5.75 Å². The quantitative estimate of drug-likeness (QED) is 0.261. The minimum absolute atomic E-state index is 0.291. The molecule has 29 heavy (non-hydrogen) atoms. The van der Waals surface area contributed by atoms with Crippen LogP contribution in [0, 0.1) is 6.92 Å². The van der Waals surface area contributed by atoms with Crippen molar-refractivity contribution in [2.24, 2.45) is 5.10 Å². The summed E-state index contributed by atoms with van der Waals surface area (Å²) in [5.41, 5.74) is 4.94. The molecule has 0 aliphatic carbocycles. The van der Waals surface area contributed by atoms with Gasteiger partial charge in [0.05, 0.1) is 21.8 Å². The molecule has 0 fully saturated rings. The molecule has 3 aromatic rings. The summed E-state index contributed by atoms with van der Waals surface area (Å²) in [7, 11) is 0. The second-order valence-corrected chi connectivity index (χ2v) is 6.97. The zero-order chi connectivity index (χ0) is 20.8. The van der Waals surface area contributed by atoms with Crippen LogP contribution in [0.15, 0.2) is 71.8 Å². The Morgan fingerprint density at radius 1 is 0.931 bits per heavy atom. The molecule has 0 unspecified atom stereocenters. The molecule has 0 radical (unpaired) electrons. The number of halogens is 2. The van der Waals surface area contributed by atoms with Gasteiger partial charge in [0.15, 0.2) is 0 Å². The van der Waals surface area contributed by atoms with E-state index in [0.29, 0.717) is 26.9 Å². The number of esters is 1. The number of carbonyl (C=O) groups excluding carboxylic acids is 2. The standard InChI is InChI=1S/C22H16Cl2N2O3/c1-14-3-2-4-17(11-14)22(28)29-18-8-5-15(6-9-18)13-25-26-21(27)16-7-10-19(23)20(24)12-16/h2-13H,1H3,(H,26,27)/b25-13-. The van der Waals surface area contributed by atoms with E-state index in [-0.39, 0.29) is 0 Å². The van der Waals surface area contributed by atoms with Gasteiger partial charge in [0.25, 0.3) is 5.91 Å². The zero-order valence-corrected chi connectivity index (χ0v) is 16.9. The van der Waals surface area contributed by atoms with Gasteiger partial charge >= 0.3 is 5.97 Å². The van der Waals surface area contributed by atoms with E-state index in [1.165, 1.54) is 12.3 Å². The van der Waals surface area contributed by atoms with E-state index in [1.807, 2.05) is 13.0 Å². The van der Waals surface area contributed by atoms with Gasteiger partial charge in [-0.05, 0) is 67.1 Å². The van der Waals surface area contributed by atoms with Crippen LogP contribution in [0.1, 0.15) is 31.8 Å². The third-order valence-corrected chi connectivity index (χ3v) is 4.64. The summed E-state index contributed by atoms with van der Waals surface area (Å²) in [5, 5.41) is 4.57. The summed E-state index contributed by atoms with van der Waals surface area (Å²) < 4.78 is 5.36. The molecule has 0 aromatic heterocycles. The van der Waals surface area contributed by atoms with E-state index in [1.54, 1.807) is 54.6 Å². The van der Waals surface area contributed by atoms with Gasteiger partial charge in [-0.15, -0.1) is 0 Å². The molecule has 0 saturated carbocycles. The number of hydrogen-bond donors (Lipinski definition) is 1. The summed E-state index contributed by atoms with van der Waals surface area (Å²) in [6.07, 6.45) is 1.47. The number of carbonyl (C=O) groups is 2. The lowest BCUT2D eigenvalue weighted by Crippen LogP contribution is -2.17. The number of hydrazone groups is 1. The Hall–Kier alpha value is -3.15. The highest BCUT2D eigenvalue weighted by molar-refractivity contribution is 6.42. The summed E-state index contributed by atoms with van der Waals surface area (Å²) in [4.78, 5) is 24.2. The molecule has 0 atom stereocenters. The van der Waals surface area contributed by atoms with Crippen molar-refractivity contribution in [2.75, 3.05) is 0 Å². The van der Waals surface area contributed by atoms with Gasteiger partial charge in [0, 0.05) is 5.56 Å². The lowest BCUT2D eigenvalue weighted by Gasteiger charge is -2.05. The molecule has 0 aliphatic rings. The van der Waals surface area contributed by atoms with E-state index >= 15 is 0 Å². The normalized spacial score (nSPS) is 10.7. The lowest BCUT2D eigenvalue weighted by atomic mass is 10.1. The third kappa shape index (κ3) is 5.67. The number of nitrogens with zero attached hydrogens (tertiary/aromatic N) is 1. The SMILES string of the molecule is Cc1cccc(C(=O)Oc2ccc(/C=N\NC(=O)c3ccc(Cl)c(Cl)c3)cc2)c1. The fraction of sp³-hybridized carbons (Fsp3) is 0.0455. The van der Waals surface area contributed by atoms with Crippen LogP contribution < -0.4 is 10.2 Å². The number of benzene rings is 3. The average Bonchev–Trinajstić information content (AvgIpc) is 2.71. The number of aryl methyl sites for hydroxylation is 1. The molecule has 3 rings (SSSR count). The van der Waals surface area contributed by atoms with Gasteiger partial charge in [0.1, 0.15) is 5.75 Å². The van der Waals surface area contributed by atoms with Crippen LogP contribution in [-0.4, -0.2) is 18.1 Å². The molecular weight excluding hydrogens is 411 g/mol. The monoisotopic (exact) mass is 426 g/mol. The highest BCUT2D eigenvalue weighted by Gasteiger charge is 2.09. The van der Waals surface area contributed by atoms with Crippen LogP contribution in [0.25, 0.3) is 0 Å². The van der Waals surface area contributed by atoms with Crippen molar-refractivity contribution in [2.45, 2.75) is 6.92 Å². The van der Waals surface area contributed by atoms with E-state index in [4.69, 9.17) is 27.9 Å². The molecule has 0 bridgehead atoms. The van der Waals surface area contributed by atoms with Gasteiger partial charge in [-0.25, -0.2) is 10.2 Å². The third-order valence-electron chi connectivity index (χ3n) is 3.91. The van der Waals surface area contributed by atoms with Crippen LogP contribution in [0.3, 0.4) is 0 Å². The Balaban J connectivity index is 1.57. The minimum atomic E-state index is -0.427. The van der Waals surface area contributed by atoms with Crippen molar-refractivity contribution >= 4 is 41.3 Å². The molecular formula is C22H16Cl2N2O3. The van der Waals surface area contributed by atoms with E-state index in [2.05, 4.69) is 10.5 Å². The Kier molecular flexibility index (Phi) is 6.65. The van der Waals surface area contributed by atoms with Crippen molar-refractivity contribution in [3.05, 3.63) is 99.0 Å². The smallest absolute Gasteiger partial charge is 0.343 e. The largest absolute Gasteiger partial charge is 0.423 e. The van der Waals surface area contributed by atoms with Crippen LogP contribution in [0.2, 0.25) is 10.0 Å². The lowest BCUT2D eigenvalue weighted by molar-refractivity contribution is 0.0734. The van der Waals surface area contributed by atoms with Crippen molar-refractivity contribution in [3.63, 3.8) is 0 Å². The van der Waals surface area contributed by atoms with Crippen LogP contribution in [0.5, 0.6) is 5.75 Å². The Morgan fingerprint density at radius 3 is 2.38 bits per heavy atom. The first-order chi connectivity index (χ1) is 13.9. The molecule has 3 aromatic carbocycles. The first kappa shape index (κ1) is 20.6. The van der Waals surface area contributed by atoms with Gasteiger partial charge in [-0.3, -0.25) is 4.79 Å². The first-order valence-corrected chi connectivity index (χ1v) is 9.35. The average molecular weight is 427 g/mol. The molecule has 1 amide bonds. The Bertz CT molecular complexity index is 1080. The second kappa shape index (κ2) is 9.37. The molecule has 0 heterocycles. The first-order valence-electron chi connectivity index (χ1n) is 8.60. The number of nitrogens with one attached hydrogen (secondary N) is 1. The van der Waals surface area contributed by atoms with Crippen molar-refractivity contribution < 1.29 is 14.3 Å². The van der Waals surface area contributed by atoms with Gasteiger partial charge < -0.3 is 4.74 Å². The van der Waals surface area contributed by atoms with E-state index in [9.17, 15) is 9.59 Å². The molecule has 5 nitrogen and oxygen atoms in total. The highest BCUT2D eigenvalue weighted by atomic mass is 35.5. The summed E-state index contributed by atoms with van der Waals surface area (Å²) >= 11 is 11.7. The summed E-state index contributed by atoms with van der Waals surface area (Å²) in [6, 6.07) is 18.5. The predicted molar refractivity (Wildman–Crippen MR) is 114 cm³/mol. The molecule has 146 valence electrons. The molecule has 1 N–H and O–H groups in total. The fourth-order valence-corrected chi connectivity index (χ4v) is 2.73. The number of hydrogen-bond acceptors (Lipinski definition) is 4. The topological polar surface area (TPSA) is 67.8 Å².